The number of nitrogens with one attached hydrogen (secondary N) is 1. The molecule has 2 atom stereocenters. The fraction of sp³-hybridized carbons (Fsp3) is 0.333. The first kappa shape index (κ1) is 26.6. The maximum absolute atomic E-state index is 14.1. The van der Waals surface area contributed by atoms with Crippen molar-refractivity contribution in [3.8, 4) is 0 Å². The number of ether oxygens (including phenoxy) is 1. The Labute approximate surface area is 241 Å². The third-order valence-corrected chi connectivity index (χ3v) is 9.07. The van der Waals surface area contributed by atoms with Gasteiger partial charge in [0.05, 0.1) is 17.0 Å². The Morgan fingerprint density at radius 1 is 1.07 bits per heavy atom. The smallest absolute Gasteiger partial charge is 0.237 e. The van der Waals surface area contributed by atoms with Crippen LogP contribution in [0, 0.1) is 17.6 Å². The van der Waals surface area contributed by atoms with Crippen molar-refractivity contribution in [1.82, 2.24) is 14.9 Å². The number of nitrogens with zero attached hydrogens (tertiary/aromatic N) is 3. The molecular weight excluding hydrogens is 538 g/mol. The minimum absolute atomic E-state index is 0.0323. The normalized spacial score (nSPS) is 20.4. The second kappa shape index (κ2) is 10.2. The van der Waals surface area contributed by atoms with Crippen LogP contribution in [0.3, 0.4) is 0 Å². The van der Waals surface area contributed by atoms with Crippen LogP contribution in [0.25, 0.3) is 10.9 Å². The Kier molecular flexibility index (Phi) is 6.50. The second-order valence-electron chi connectivity index (χ2n) is 11.7. The molecule has 4 aromatic rings. The Morgan fingerprint density at radius 2 is 1.81 bits per heavy atom. The molecule has 1 N–H and O–H groups in total. The molecule has 0 radical (unpaired) electrons. The number of benzene rings is 2. The Morgan fingerprint density at radius 3 is 2.57 bits per heavy atom. The SMILES string of the molecule is C[C@H](c1cc(F)cc(F)c1)N(Cc1cnc2cc3c(cc2c1)C[C@@]1(C3)C(=O)Nc2ncccc21)C(=O)C1CCOCC1. The summed E-state index contributed by atoms with van der Waals surface area (Å²) in [5, 5.41) is 3.86. The molecule has 42 heavy (non-hydrogen) atoms. The van der Waals surface area contributed by atoms with Crippen molar-refractivity contribution in [3.63, 3.8) is 0 Å². The van der Waals surface area contributed by atoms with Crippen molar-refractivity contribution in [1.29, 1.82) is 0 Å². The number of carbonyl (C=O) groups excluding carboxylic acids is 2. The predicted octanol–water partition coefficient (Wildman–Crippen LogP) is 5.41. The number of hydrogen-bond acceptors (Lipinski definition) is 5. The third kappa shape index (κ3) is 4.52. The Balaban J connectivity index is 1.21. The van der Waals surface area contributed by atoms with Gasteiger partial charge in [-0.3, -0.25) is 14.6 Å². The van der Waals surface area contributed by atoms with E-state index in [1.165, 1.54) is 12.1 Å². The minimum atomic E-state index is -0.677. The number of aromatic nitrogens is 2. The number of pyridine rings is 2. The molecule has 2 aromatic heterocycles. The summed E-state index contributed by atoms with van der Waals surface area (Å²) >= 11 is 0. The van der Waals surface area contributed by atoms with Gasteiger partial charge in [-0.15, -0.1) is 0 Å². The fourth-order valence-electron chi connectivity index (χ4n) is 6.81. The predicted molar refractivity (Wildman–Crippen MR) is 153 cm³/mol. The van der Waals surface area contributed by atoms with Crippen LogP contribution in [0.15, 0.2) is 60.9 Å². The van der Waals surface area contributed by atoms with Gasteiger partial charge in [-0.1, -0.05) is 6.07 Å². The van der Waals surface area contributed by atoms with Crippen LogP contribution in [-0.4, -0.2) is 39.9 Å². The van der Waals surface area contributed by atoms with Gasteiger partial charge in [0.1, 0.15) is 17.5 Å². The minimum Gasteiger partial charge on any atom is -0.381 e. The summed E-state index contributed by atoms with van der Waals surface area (Å²) in [6.45, 7) is 3.05. The van der Waals surface area contributed by atoms with Gasteiger partial charge in [0, 0.05) is 55.1 Å². The highest BCUT2D eigenvalue weighted by molar-refractivity contribution is 6.06. The molecule has 1 spiro atoms. The lowest BCUT2D eigenvalue weighted by molar-refractivity contribution is -0.141. The fourth-order valence-corrected chi connectivity index (χ4v) is 6.81. The van der Waals surface area contributed by atoms with Gasteiger partial charge in [0.2, 0.25) is 11.8 Å². The summed E-state index contributed by atoms with van der Waals surface area (Å²) in [4.78, 5) is 37.7. The number of rotatable bonds is 5. The average Bonchev–Trinajstić information content (AvgIpc) is 3.50. The summed E-state index contributed by atoms with van der Waals surface area (Å²) < 4.78 is 33.7. The van der Waals surface area contributed by atoms with Crippen molar-refractivity contribution in [3.05, 3.63) is 100 Å². The van der Waals surface area contributed by atoms with Crippen LogP contribution < -0.4 is 5.32 Å². The molecule has 4 heterocycles. The molecule has 3 aliphatic rings. The van der Waals surface area contributed by atoms with Crippen molar-refractivity contribution < 1.29 is 23.1 Å². The Bertz CT molecular complexity index is 1720. The molecule has 2 amide bonds. The lowest BCUT2D eigenvalue weighted by atomic mass is 9.79. The molecule has 0 unspecified atom stereocenters. The molecule has 0 saturated carbocycles. The van der Waals surface area contributed by atoms with E-state index in [0.717, 1.165) is 39.2 Å². The van der Waals surface area contributed by atoms with Crippen LogP contribution >= 0.6 is 0 Å². The van der Waals surface area contributed by atoms with Crippen molar-refractivity contribution >= 4 is 28.5 Å². The van der Waals surface area contributed by atoms with Crippen molar-refractivity contribution in [2.45, 2.75) is 50.6 Å². The number of carbonyl (C=O) groups is 2. The van der Waals surface area contributed by atoms with E-state index in [0.29, 0.717) is 50.3 Å². The van der Waals surface area contributed by atoms with E-state index < -0.39 is 23.1 Å². The first-order valence-electron chi connectivity index (χ1n) is 14.3. The third-order valence-electron chi connectivity index (χ3n) is 9.07. The molecule has 1 fully saturated rings. The topological polar surface area (TPSA) is 84.4 Å². The first-order chi connectivity index (χ1) is 20.3. The van der Waals surface area contributed by atoms with E-state index in [1.807, 2.05) is 24.3 Å². The van der Waals surface area contributed by atoms with E-state index in [4.69, 9.17) is 9.72 Å². The van der Waals surface area contributed by atoms with Gasteiger partial charge in [0.25, 0.3) is 0 Å². The molecular formula is C33H30F2N4O3. The molecule has 7 rings (SSSR count). The van der Waals surface area contributed by atoms with Gasteiger partial charge in [-0.05, 0) is 91.3 Å². The van der Waals surface area contributed by atoms with Gasteiger partial charge >= 0.3 is 0 Å². The van der Waals surface area contributed by atoms with Gasteiger partial charge in [-0.25, -0.2) is 13.8 Å². The highest BCUT2D eigenvalue weighted by Gasteiger charge is 2.51. The van der Waals surface area contributed by atoms with E-state index in [2.05, 4.69) is 16.4 Å². The summed E-state index contributed by atoms with van der Waals surface area (Å²) in [5.74, 6) is -1.04. The van der Waals surface area contributed by atoms with Crippen LogP contribution in [0.2, 0.25) is 0 Å². The van der Waals surface area contributed by atoms with Gasteiger partial charge in [-0.2, -0.15) is 0 Å². The molecule has 9 heteroatoms. The van der Waals surface area contributed by atoms with Crippen LogP contribution in [0.5, 0.6) is 0 Å². The second-order valence-corrected chi connectivity index (χ2v) is 11.7. The summed E-state index contributed by atoms with van der Waals surface area (Å²) in [6, 6.07) is 12.8. The molecule has 7 nitrogen and oxygen atoms in total. The quantitative estimate of drug-likeness (QED) is 0.348. The lowest BCUT2D eigenvalue weighted by Gasteiger charge is -2.34. The maximum atomic E-state index is 14.1. The number of anilines is 1. The molecule has 1 saturated heterocycles. The van der Waals surface area contributed by atoms with Crippen molar-refractivity contribution in [2.75, 3.05) is 18.5 Å². The number of halogens is 2. The summed E-state index contributed by atoms with van der Waals surface area (Å²) in [7, 11) is 0. The number of amides is 2. The van der Waals surface area contributed by atoms with E-state index in [-0.39, 0.29) is 24.3 Å². The standard InChI is InChI=1S/C33H30F2N4O3/c1-19(22-11-26(34)14-27(35)12-22)39(31(40)21-4-7-42-8-5-21)18-20-9-23-10-24-15-33(16-25(24)13-29(23)37-17-20)28-3-2-6-36-30(28)38-32(33)41/h2-3,6,9-14,17,19,21H,4-5,7-8,15-16,18H2,1H3,(H,36,38,41)/t19-,33+/m1/s1. The highest BCUT2D eigenvalue weighted by atomic mass is 19.1. The zero-order valence-electron chi connectivity index (χ0n) is 23.2. The maximum Gasteiger partial charge on any atom is 0.237 e. The lowest BCUT2D eigenvalue weighted by Crippen LogP contribution is -2.39. The number of hydrogen-bond donors (Lipinski definition) is 1. The molecule has 2 aliphatic heterocycles. The van der Waals surface area contributed by atoms with Crippen LogP contribution in [-0.2, 0) is 39.1 Å². The molecule has 0 bridgehead atoms. The van der Waals surface area contributed by atoms with Crippen LogP contribution in [0.1, 0.15) is 53.6 Å². The zero-order valence-corrected chi connectivity index (χ0v) is 23.2. The van der Waals surface area contributed by atoms with Crippen LogP contribution in [0.4, 0.5) is 14.6 Å². The van der Waals surface area contributed by atoms with Crippen molar-refractivity contribution in [2.24, 2.45) is 5.92 Å². The summed E-state index contributed by atoms with van der Waals surface area (Å²) in [6.07, 6.45) is 5.81. The number of fused-ring (bicyclic) bond motifs is 4. The van der Waals surface area contributed by atoms with E-state index in [9.17, 15) is 18.4 Å². The zero-order chi connectivity index (χ0) is 29.0. The molecule has 1 aliphatic carbocycles. The monoisotopic (exact) mass is 568 g/mol. The average molecular weight is 569 g/mol. The highest BCUT2D eigenvalue weighted by Crippen LogP contribution is 2.47. The summed E-state index contributed by atoms with van der Waals surface area (Å²) in [5.41, 5.74) is 4.45. The van der Waals surface area contributed by atoms with Gasteiger partial charge in [0.15, 0.2) is 0 Å². The largest absolute Gasteiger partial charge is 0.381 e. The molecule has 214 valence electrons. The van der Waals surface area contributed by atoms with Gasteiger partial charge < -0.3 is 15.0 Å². The first-order valence-corrected chi connectivity index (χ1v) is 14.3. The molecule has 2 aromatic carbocycles. The Hall–Kier alpha value is -4.24. The van der Waals surface area contributed by atoms with E-state index >= 15 is 0 Å². The van der Waals surface area contributed by atoms with E-state index in [1.54, 1.807) is 24.2 Å².